The maximum atomic E-state index is 12.8. The minimum absolute atomic E-state index is 0.243. The number of nitrogens with one attached hydrogen (secondary N) is 1. The second kappa shape index (κ2) is 5.87. The number of aryl methyl sites for hydroxylation is 1. The SMILES string of the molecule is CNC(c1cccc(C(F)(F)F)c1)c1cc(Br)c(C)s1. The van der Waals surface area contributed by atoms with Crippen molar-refractivity contribution >= 4 is 27.3 Å². The molecule has 0 saturated carbocycles. The number of rotatable bonds is 3. The second-order valence-electron chi connectivity index (χ2n) is 4.40. The minimum Gasteiger partial charge on any atom is -0.309 e. The number of halogens is 4. The van der Waals surface area contributed by atoms with Gasteiger partial charge >= 0.3 is 6.18 Å². The van der Waals surface area contributed by atoms with E-state index in [9.17, 15) is 13.2 Å². The highest BCUT2D eigenvalue weighted by atomic mass is 79.9. The smallest absolute Gasteiger partial charge is 0.309 e. The summed E-state index contributed by atoms with van der Waals surface area (Å²) in [6.07, 6.45) is -4.32. The summed E-state index contributed by atoms with van der Waals surface area (Å²) in [5.41, 5.74) is -0.0151. The molecule has 1 N–H and O–H groups in total. The highest BCUT2D eigenvalue weighted by Gasteiger charge is 2.31. The van der Waals surface area contributed by atoms with Crippen LogP contribution in [-0.2, 0) is 6.18 Å². The summed E-state index contributed by atoms with van der Waals surface area (Å²) >= 11 is 5.00. The molecule has 108 valence electrons. The Morgan fingerprint density at radius 3 is 2.45 bits per heavy atom. The van der Waals surface area contributed by atoms with Crippen LogP contribution in [0.3, 0.4) is 0 Å². The number of hydrogen-bond donors (Lipinski definition) is 1. The standard InChI is InChI=1S/C14H13BrF3NS/c1-8-11(15)7-12(20-8)13(19-2)9-4-3-5-10(6-9)14(16,17)18/h3-7,13,19H,1-2H3. The zero-order chi connectivity index (χ0) is 14.9. The van der Waals surface area contributed by atoms with Crippen molar-refractivity contribution in [3.63, 3.8) is 0 Å². The quantitative estimate of drug-likeness (QED) is 0.795. The summed E-state index contributed by atoms with van der Waals surface area (Å²) < 4.78 is 39.3. The Balaban J connectivity index is 2.42. The predicted octanol–water partition coefficient (Wildman–Crippen LogP) is 5.15. The van der Waals surface area contributed by atoms with Gasteiger partial charge in [0, 0.05) is 14.2 Å². The van der Waals surface area contributed by atoms with Crippen molar-refractivity contribution in [3.05, 3.63) is 55.7 Å². The monoisotopic (exact) mass is 363 g/mol. The van der Waals surface area contributed by atoms with E-state index in [4.69, 9.17) is 0 Å². The average Bonchev–Trinajstić information content (AvgIpc) is 2.69. The van der Waals surface area contributed by atoms with Gasteiger partial charge in [-0.3, -0.25) is 0 Å². The molecule has 0 saturated heterocycles. The van der Waals surface area contributed by atoms with Gasteiger partial charge in [-0.05, 0) is 53.7 Å². The molecule has 0 radical (unpaired) electrons. The van der Waals surface area contributed by atoms with Gasteiger partial charge in [0.05, 0.1) is 11.6 Å². The Morgan fingerprint density at radius 2 is 1.95 bits per heavy atom. The number of hydrogen-bond acceptors (Lipinski definition) is 2. The van der Waals surface area contributed by atoms with Gasteiger partial charge in [-0.1, -0.05) is 12.1 Å². The molecule has 0 aliphatic carbocycles. The third-order valence-electron chi connectivity index (χ3n) is 3.00. The maximum Gasteiger partial charge on any atom is 0.416 e. The lowest BCUT2D eigenvalue weighted by Crippen LogP contribution is -2.17. The predicted molar refractivity (Wildman–Crippen MR) is 79.1 cm³/mol. The van der Waals surface area contributed by atoms with E-state index in [-0.39, 0.29) is 6.04 Å². The zero-order valence-electron chi connectivity index (χ0n) is 10.9. The molecule has 0 aliphatic rings. The van der Waals surface area contributed by atoms with Gasteiger partial charge < -0.3 is 5.32 Å². The summed E-state index contributed by atoms with van der Waals surface area (Å²) in [5, 5.41) is 3.08. The lowest BCUT2D eigenvalue weighted by atomic mass is 10.0. The fourth-order valence-electron chi connectivity index (χ4n) is 1.99. The first-order valence-electron chi connectivity index (χ1n) is 5.93. The molecule has 0 bridgehead atoms. The van der Waals surface area contributed by atoms with Crippen molar-refractivity contribution in [2.45, 2.75) is 19.1 Å². The first-order valence-corrected chi connectivity index (χ1v) is 7.54. The van der Waals surface area contributed by atoms with Crippen LogP contribution in [-0.4, -0.2) is 7.05 Å². The van der Waals surface area contributed by atoms with Crippen LogP contribution in [0.2, 0.25) is 0 Å². The normalized spacial score (nSPS) is 13.5. The van der Waals surface area contributed by atoms with Gasteiger partial charge in [0.25, 0.3) is 0 Å². The molecule has 20 heavy (non-hydrogen) atoms. The van der Waals surface area contributed by atoms with Crippen LogP contribution in [0.25, 0.3) is 0 Å². The van der Waals surface area contributed by atoms with E-state index in [0.717, 1.165) is 20.3 Å². The summed E-state index contributed by atoms with van der Waals surface area (Å²) in [6, 6.07) is 7.14. The van der Waals surface area contributed by atoms with E-state index < -0.39 is 11.7 Å². The first-order chi connectivity index (χ1) is 9.32. The molecule has 1 nitrogen and oxygen atoms in total. The Kier molecular flexibility index (Phi) is 4.56. The Hall–Kier alpha value is -0.850. The van der Waals surface area contributed by atoms with Gasteiger partial charge in [0.2, 0.25) is 0 Å². The van der Waals surface area contributed by atoms with Crippen molar-refractivity contribution in [2.24, 2.45) is 0 Å². The molecular weight excluding hydrogens is 351 g/mol. The van der Waals surface area contributed by atoms with Crippen LogP contribution in [0.4, 0.5) is 13.2 Å². The molecule has 1 atom stereocenters. The van der Waals surface area contributed by atoms with Crippen molar-refractivity contribution in [3.8, 4) is 0 Å². The van der Waals surface area contributed by atoms with Crippen LogP contribution < -0.4 is 5.32 Å². The summed E-state index contributed by atoms with van der Waals surface area (Å²) in [4.78, 5) is 2.09. The van der Waals surface area contributed by atoms with Crippen LogP contribution in [0.1, 0.15) is 26.9 Å². The Labute approximate surface area is 128 Å². The fraction of sp³-hybridized carbons (Fsp3) is 0.286. The molecule has 1 unspecified atom stereocenters. The van der Waals surface area contributed by atoms with Gasteiger partial charge in [0.1, 0.15) is 0 Å². The molecule has 0 amide bonds. The van der Waals surface area contributed by atoms with Crippen molar-refractivity contribution in [2.75, 3.05) is 7.05 Å². The highest BCUT2D eigenvalue weighted by molar-refractivity contribution is 9.10. The van der Waals surface area contributed by atoms with Gasteiger partial charge in [-0.25, -0.2) is 0 Å². The molecule has 2 rings (SSSR count). The Morgan fingerprint density at radius 1 is 1.25 bits per heavy atom. The zero-order valence-corrected chi connectivity index (χ0v) is 13.3. The van der Waals surface area contributed by atoms with Crippen molar-refractivity contribution < 1.29 is 13.2 Å². The van der Waals surface area contributed by atoms with Gasteiger partial charge in [-0.15, -0.1) is 11.3 Å². The largest absolute Gasteiger partial charge is 0.416 e. The van der Waals surface area contributed by atoms with Crippen molar-refractivity contribution in [1.82, 2.24) is 5.32 Å². The molecular formula is C14H13BrF3NS. The van der Waals surface area contributed by atoms with E-state index >= 15 is 0 Å². The lowest BCUT2D eigenvalue weighted by molar-refractivity contribution is -0.137. The van der Waals surface area contributed by atoms with Crippen LogP contribution in [0, 0.1) is 6.92 Å². The van der Waals surface area contributed by atoms with E-state index in [1.165, 1.54) is 12.1 Å². The second-order valence-corrected chi connectivity index (χ2v) is 6.54. The van der Waals surface area contributed by atoms with E-state index in [1.54, 1.807) is 24.5 Å². The van der Waals surface area contributed by atoms with Crippen molar-refractivity contribution in [1.29, 1.82) is 0 Å². The molecule has 6 heteroatoms. The van der Waals surface area contributed by atoms with Crippen LogP contribution in [0.5, 0.6) is 0 Å². The van der Waals surface area contributed by atoms with E-state index in [1.807, 2.05) is 13.0 Å². The van der Waals surface area contributed by atoms with E-state index in [0.29, 0.717) is 5.56 Å². The fourth-order valence-corrected chi connectivity index (χ4v) is 3.69. The first kappa shape index (κ1) is 15.5. The Bertz CT molecular complexity index is 587. The molecule has 0 spiro atoms. The third-order valence-corrected chi connectivity index (χ3v) is 5.20. The molecule has 0 aliphatic heterocycles. The lowest BCUT2D eigenvalue weighted by Gasteiger charge is -2.17. The summed E-state index contributed by atoms with van der Waals surface area (Å²) in [7, 11) is 1.74. The van der Waals surface area contributed by atoms with Gasteiger partial charge in [0.15, 0.2) is 0 Å². The summed E-state index contributed by atoms with van der Waals surface area (Å²) in [6.45, 7) is 1.97. The molecule has 2 aromatic rings. The number of benzene rings is 1. The maximum absolute atomic E-state index is 12.8. The molecule has 1 aromatic carbocycles. The minimum atomic E-state index is -4.32. The van der Waals surface area contributed by atoms with Gasteiger partial charge in [-0.2, -0.15) is 13.2 Å². The van der Waals surface area contributed by atoms with E-state index in [2.05, 4.69) is 21.2 Å². The van der Waals surface area contributed by atoms with Crippen LogP contribution >= 0.6 is 27.3 Å². The molecule has 0 fully saturated rings. The topological polar surface area (TPSA) is 12.0 Å². The third kappa shape index (κ3) is 3.24. The number of thiophene rings is 1. The summed E-state index contributed by atoms with van der Waals surface area (Å²) in [5.74, 6) is 0. The van der Waals surface area contributed by atoms with Crippen LogP contribution in [0.15, 0.2) is 34.8 Å². The number of alkyl halides is 3. The highest BCUT2D eigenvalue weighted by Crippen LogP contribution is 2.36. The molecule has 1 heterocycles. The average molecular weight is 364 g/mol. The molecule has 1 aromatic heterocycles.